The van der Waals surface area contributed by atoms with Gasteiger partial charge in [0.1, 0.15) is 18.5 Å². The largest absolute Gasteiger partial charge is 0.464 e. The van der Waals surface area contributed by atoms with Crippen molar-refractivity contribution >= 4 is 39.8 Å². The van der Waals surface area contributed by atoms with E-state index < -0.39 is 35.8 Å². The van der Waals surface area contributed by atoms with Crippen molar-refractivity contribution in [2.45, 2.75) is 51.1 Å². The molecule has 5 rings (SSSR count). The molecule has 0 unspecified atom stereocenters. The molecule has 0 radical (unpaired) electrons. The first-order valence-corrected chi connectivity index (χ1v) is 15.3. The van der Waals surface area contributed by atoms with E-state index in [0.29, 0.717) is 44.7 Å². The number of carbonyl (C=O) groups excluding carboxylic acids is 2. The Kier molecular flexibility index (Phi) is 9.70. The van der Waals surface area contributed by atoms with Gasteiger partial charge in [0.2, 0.25) is 17.9 Å². The number of halogens is 4. The van der Waals surface area contributed by atoms with E-state index in [4.69, 9.17) is 19.9 Å². The van der Waals surface area contributed by atoms with E-state index in [0.717, 1.165) is 5.56 Å². The van der Waals surface area contributed by atoms with Crippen LogP contribution in [0.15, 0.2) is 65.1 Å². The molecule has 0 saturated carbocycles. The van der Waals surface area contributed by atoms with Gasteiger partial charge < -0.3 is 24.8 Å². The van der Waals surface area contributed by atoms with E-state index in [2.05, 4.69) is 25.9 Å². The Balaban J connectivity index is 1.29. The summed E-state index contributed by atoms with van der Waals surface area (Å²) < 4.78 is 58.6. The van der Waals surface area contributed by atoms with Crippen molar-refractivity contribution in [3.63, 3.8) is 0 Å². The molecule has 1 aromatic heterocycles. The number of benzene rings is 2. The highest BCUT2D eigenvalue weighted by Crippen LogP contribution is 2.45. The van der Waals surface area contributed by atoms with Crippen LogP contribution in [0, 0.1) is 5.41 Å². The number of nitrogens with two attached hydrogens (primary N) is 1. The third kappa shape index (κ3) is 7.60. The van der Waals surface area contributed by atoms with Crippen LogP contribution in [0.3, 0.4) is 0 Å². The predicted molar refractivity (Wildman–Crippen MR) is 162 cm³/mol. The summed E-state index contributed by atoms with van der Waals surface area (Å²) in [4.78, 5) is 37.6. The molecule has 10 nitrogen and oxygen atoms in total. The molecular weight excluding hydrogens is 659 g/mol. The van der Waals surface area contributed by atoms with E-state index in [1.807, 2.05) is 35.2 Å². The number of esters is 1. The SMILES string of the molecule is CCOC(=O)[C@@H]1CC2(CCN(c3cc(O[C@H](c4ccccc4Br)C(F)(F)F)nc(N)n3)CC2)CN1C(=O)OCc1ccccc1. The molecule has 2 aliphatic rings. The molecule has 3 heterocycles. The maximum absolute atomic E-state index is 14.1. The number of ether oxygens (including phenoxy) is 3. The Morgan fingerprint density at radius 2 is 1.76 bits per heavy atom. The zero-order valence-corrected chi connectivity index (χ0v) is 26.1. The van der Waals surface area contributed by atoms with Gasteiger partial charge in [-0.25, -0.2) is 9.59 Å². The summed E-state index contributed by atoms with van der Waals surface area (Å²) in [5, 5.41) is 0. The van der Waals surface area contributed by atoms with Crippen molar-refractivity contribution in [1.29, 1.82) is 0 Å². The first kappa shape index (κ1) is 32.3. The molecule has 2 N–H and O–H groups in total. The smallest absolute Gasteiger partial charge is 0.429 e. The van der Waals surface area contributed by atoms with Gasteiger partial charge in [0, 0.05) is 35.7 Å². The van der Waals surface area contributed by atoms with Gasteiger partial charge in [0.25, 0.3) is 0 Å². The van der Waals surface area contributed by atoms with Crippen LogP contribution < -0.4 is 15.4 Å². The van der Waals surface area contributed by atoms with E-state index in [9.17, 15) is 22.8 Å². The van der Waals surface area contributed by atoms with Gasteiger partial charge in [-0.3, -0.25) is 4.90 Å². The molecule has 2 atom stereocenters. The van der Waals surface area contributed by atoms with Gasteiger partial charge >= 0.3 is 18.2 Å². The Bertz CT molecular complexity index is 1500. The van der Waals surface area contributed by atoms with Crippen LogP contribution in [0.4, 0.5) is 29.7 Å². The highest BCUT2D eigenvalue weighted by Gasteiger charge is 2.51. The Labute approximate surface area is 266 Å². The molecule has 3 aromatic rings. The predicted octanol–water partition coefficient (Wildman–Crippen LogP) is 6.06. The number of hydrogen-bond donors (Lipinski definition) is 1. The number of hydrogen-bond acceptors (Lipinski definition) is 9. The maximum atomic E-state index is 14.1. The zero-order chi connectivity index (χ0) is 32.2. The lowest BCUT2D eigenvalue weighted by molar-refractivity contribution is -0.198. The van der Waals surface area contributed by atoms with Crippen molar-refractivity contribution in [3.8, 4) is 5.88 Å². The van der Waals surface area contributed by atoms with Gasteiger partial charge in [-0.2, -0.15) is 23.1 Å². The molecular formula is C31H33BrF3N5O5. The monoisotopic (exact) mass is 691 g/mol. The van der Waals surface area contributed by atoms with Crippen LogP contribution in [0.25, 0.3) is 0 Å². The molecule has 2 aromatic carbocycles. The number of anilines is 2. The Morgan fingerprint density at radius 3 is 2.42 bits per heavy atom. The first-order chi connectivity index (χ1) is 21.5. The van der Waals surface area contributed by atoms with Crippen LogP contribution in [0.5, 0.6) is 5.88 Å². The third-order valence-corrected chi connectivity index (χ3v) is 8.81. The van der Waals surface area contributed by atoms with Crippen LogP contribution in [-0.2, 0) is 20.9 Å². The average Bonchev–Trinajstić information content (AvgIpc) is 3.38. The number of nitrogens with zero attached hydrogens (tertiary/aromatic N) is 4. The van der Waals surface area contributed by atoms with Crippen LogP contribution in [0.1, 0.15) is 43.4 Å². The minimum Gasteiger partial charge on any atom is -0.464 e. The molecule has 2 saturated heterocycles. The Morgan fingerprint density at radius 1 is 1.07 bits per heavy atom. The minimum absolute atomic E-state index is 0.0719. The summed E-state index contributed by atoms with van der Waals surface area (Å²) >= 11 is 3.17. The van der Waals surface area contributed by atoms with Crippen LogP contribution in [0.2, 0.25) is 0 Å². The fourth-order valence-corrected chi connectivity index (χ4v) is 6.33. The molecule has 14 heteroatoms. The highest BCUT2D eigenvalue weighted by atomic mass is 79.9. The standard InChI is InChI=1S/C31H33BrF3N5O5/c1-2-43-27(41)23-17-30(19-40(23)29(42)44-18-20-8-4-3-5-9-20)12-14-39(15-13-30)24-16-25(38-28(36)37-24)45-26(31(33,34)35)21-10-6-7-11-22(21)32/h3-11,16,23,26H,2,12-15,17-19H2,1H3,(H2,36,37,38)/t23-,26+/m0/s1. The fourth-order valence-electron chi connectivity index (χ4n) is 5.84. The van der Waals surface area contributed by atoms with E-state index in [-0.39, 0.29) is 35.1 Å². The first-order valence-electron chi connectivity index (χ1n) is 14.5. The maximum Gasteiger partial charge on any atom is 0.429 e. The van der Waals surface area contributed by atoms with Gasteiger partial charge in [-0.1, -0.05) is 64.5 Å². The van der Waals surface area contributed by atoms with Crippen molar-refractivity contribution in [2.75, 3.05) is 36.9 Å². The Hall–Kier alpha value is -4.07. The van der Waals surface area contributed by atoms with Crippen molar-refractivity contribution in [1.82, 2.24) is 14.9 Å². The lowest BCUT2D eigenvalue weighted by Gasteiger charge is -2.39. The molecule has 45 heavy (non-hydrogen) atoms. The van der Waals surface area contributed by atoms with Crippen LogP contribution in [-0.4, -0.2) is 65.4 Å². The lowest BCUT2D eigenvalue weighted by atomic mass is 9.76. The third-order valence-electron chi connectivity index (χ3n) is 8.08. The molecule has 240 valence electrons. The number of alkyl halides is 3. The van der Waals surface area contributed by atoms with Gasteiger partial charge in [0.15, 0.2) is 0 Å². The number of nitrogen functional groups attached to an aromatic ring is 1. The van der Waals surface area contributed by atoms with Crippen molar-refractivity contribution < 1.29 is 37.0 Å². The van der Waals surface area contributed by atoms with Gasteiger partial charge in [-0.05, 0) is 43.2 Å². The zero-order valence-electron chi connectivity index (χ0n) is 24.5. The van der Waals surface area contributed by atoms with E-state index in [1.54, 1.807) is 13.0 Å². The molecule has 2 aliphatic heterocycles. The van der Waals surface area contributed by atoms with Crippen LogP contribution >= 0.6 is 15.9 Å². The van der Waals surface area contributed by atoms with Crippen molar-refractivity contribution in [2.24, 2.45) is 5.41 Å². The normalized spacial score (nSPS) is 18.5. The molecule has 0 bridgehead atoms. The number of amides is 1. The summed E-state index contributed by atoms with van der Waals surface area (Å²) in [6.45, 7) is 3.16. The second kappa shape index (κ2) is 13.5. The minimum atomic E-state index is -4.73. The van der Waals surface area contributed by atoms with E-state index in [1.165, 1.54) is 29.2 Å². The summed E-state index contributed by atoms with van der Waals surface area (Å²) in [6, 6.07) is 15.7. The lowest BCUT2D eigenvalue weighted by Crippen LogP contribution is -2.43. The van der Waals surface area contributed by atoms with E-state index >= 15 is 0 Å². The van der Waals surface area contributed by atoms with Gasteiger partial charge in [0.05, 0.1) is 6.61 Å². The molecule has 1 spiro atoms. The fraction of sp³-hybridized carbons (Fsp3) is 0.419. The number of carbonyl (C=O) groups is 2. The number of piperidine rings is 1. The number of aromatic nitrogens is 2. The molecule has 0 aliphatic carbocycles. The molecule has 1 amide bonds. The summed E-state index contributed by atoms with van der Waals surface area (Å²) in [5.74, 6) is -0.708. The second-order valence-corrected chi connectivity index (χ2v) is 12.0. The number of likely N-dealkylation sites (tertiary alicyclic amines) is 1. The average molecular weight is 693 g/mol. The summed E-state index contributed by atoms with van der Waals surface area (Å²) in [5.41, 5.74) is 6.24. The van der Waals surface area contributed by atoms with Crippen molar-refractivity contribution in [3.05, 3.63) is 76.3 Å². The van der Waals surface area contributed by atoms with Gasteiger partial charge in [-0.15, -0.1) is 0 Å². The number of rotatable bonds is 8. The summed E-state index contributed by atoms with van der Waals surface area (Å²) in [6.07, 6.45) is -6.05. The second-order valence-electron chi connectivity index (χ2n) is 11.1. The topological polar surface area (TPSA) is 120 Å². The highest BCUT2D eigenvalue weighted by molar-refractivity contribution is 9.10. The summed E-state index contributed by atoms with van der Waals surface area (Å²) in [7, 11) is 0. The quantitative estimate of drug-likeness (QED) is 0.281. The molecule has 2 fully saturated rings.